The minimum Gasteiger partial charge on any atom is -0.478 e. The number of anilines is 1. The maximum Gasteiger partial charge on any atom is 0.339 e. The van der Waals surface area contributed by atoms with E-state index in [1.807, 2.05) is 0 Å². The lowest BCUT2D eigenvalue weighted by atomic mass is 10.2. The van der Waals surface area contributed by atoms with E-state index < -0.39 is 17.7 Å². The van der Waals surface area contributed by atoms with Gasteiger partial charge in [0.15, 0.2) is 6.73 Å². The molecule has 0 aliphatic carbocycles. The minimum absolute atomic E-state index is 0.0344. The molecule has 2 heterocycles. The van der Waals surface area contributed by atoms with Crippen LogP contribution >= 0.6 is 11.6 Å². The summed E-state index contributed by atoms with van der Waals surface area (Å²) in [5.41, 5.74) is 0.0209. The number of hydrogen-bond donors (Lipinski definition) is 2. The number of carbonyl (C=O) groups excluding carboxylic acids is 1. The van der Waals surface area contributed by atoms with Crippen LogP contribution in [0.4, 0.5) is 10.1 Å². The van der Waals surface area contributed by atoms with Crippen LogP contribution in [-0.2, 0) is 13.8 Å². The van der Waals surface area contributed by atoms with Gasteiger partial charge in [-0.3, -0.25) is 9.48 Å². The van der Waals surface area contributed by atoms with E-state index >= 15 is 0 Å². The second-order valence-electron chi connectivity index (χ2n) is 5.41. The predicted molar refractivity (Wildman–Crippen MR) is 92.4 cm³/mol. The Balaban J connectivity index is 1.67. The van der Waals surface area contributed by atoms with E-state index in [1.165, 1.54) is 40.9 Å². The van der Waals surface area contributed by atoms with Crippen molar-refractivity contribution < 1.29 is 23.8 Å². The van der Waals surface area contributed by atoms with E-state index in [1.54, 1.807) is 0 Å². The number of nitrogens with zero attached hydrogens (tertiary/aromatic N) is 4. The molecule has 0 radical (unpaired) electrons. The first-order valence-corrected chi connectivity index (χ1v) is 7.90. The number of aromatic carboxylic acids is 1. The van der Waals surface area contributed by atoms with Gasteiger partial charge in [0.2, 0.25) is 0 Å². The van der Waals surface area contributed by atoms with Crippen LogP contribution in [0.5, 0.6) is 5.75 Å². The van der Waals surface area contributed by atoms with Gasteiger partial charge in [-0.15, -0.1) is 0 Å². The zero-order valence-corrected chi connectivity index (χ0v) is 14.6. The van der Waals surface area contributed by atoms with Crippen molar-refractivity contribution in [3.8, 4) is 5.75 Å². The fraction of sp³-hybridized carbons (Fsp3) is 0.125. The molecule has 27 heavy (non-hydrogen) atoms. The lowest BCUT2D eigenvalue weighted by Crippen LogP contribution is -2.19. The van der Waals surface area contributed by atoms with Gasteiger partial charge in [0.1, 0.15) is 22.8 Å². The summed E-state index contributed by atoms with van der Waals surface area (Å²) in [4.78, 5) is 23.5. The monoisotopic (exact) mass is 393 g/mol. The van der Waals surface area contributed by atoms with Gasteiger partial charge in [0.25, 0.3) is 5.91 Å². The molecular formula is C16H13ClFN5O4. The third kappa shape index (κ3) is 4.06. The number of benzene rings is 1. The average Bonchev–Trinajstić information content (AvgIpc) is 3.20. The number of amides is 1. The van der Waals surface area contributed by atoms with E-state index in [9.17, 15) is 14.0 Å². The van der Waals surface area contributed by atoms with E-state index in [0.717, 1.165) is 12.3 Å². The number of hydrogen-bond acceptors (Lipinski definition) is 5. The number of carbonyl (C=O) groups is 2. The van der Waals surface area contributed by atoms with Gasteiger partial charge in [-0.2, -0.15) is 10.2 Å². The highest BCUT2D eigenvalue weighted by Gasteiger charge is 2.22. The van der Waals surface area contributed by atoms with Crippen LogP contribution in [0.1, 0.15) is 20.8 Å². The van der Waals surface area contributed by atoms with Crippen molar-refractivity contribution in [1.29, 1.82) is 0 Å². The lowest BCUT2D eigenvalue weighted by Gasteiger charge is -2.08. The Morgan fingerprint density at radius 2 is 2.11 bits per heavy atom. The molecule has 2 aromatic heterocycles. The molecule has 11 heteroatoms. The first kappa shape index (κ1) is 18.4. The van der Waals surface area contributed by atoms with Crippen molar-refractivity contribution in [3.05, 3.63) is 58.9 Å². The molecule has 0 atom stereocenters. The lowest BCUT2D eigenvalue weighted by molar-refractivity contribution is 0.0692. The average molecular weight is 394 g/mol. The number of carboxylic acid groups (broad SMARTS) is 1. The second-order valence-corrected chi connectivity index (χ2v) is 5.81. The van der Waals surface area contributed by atoms with Gasteiger partial charge in [0.05, 0.1) is 29.3 Å². The molecule has 0 unspecified atom stereocenters. The zero-order valence-electron chi connectivity index (χ0n) is 13.9. The van der Waals surface area contributed by atoms with Crippen molar-refractivity contribution in [1.82, 2.24) is 19.6 Å². The molecule has 0 saturated carbocycles. The number of aromatic nitrogens is 4. The normalized spacial score (nSPS) is 10.6. The first-order valence-electron chi connectivity index (χ1n) is 7.52. The topological polar surface area (TPSA) is 111 Å². The summed E-state index contributed by atoms with van der Waals surface area (Å²) in [7, 11) is 1.46. The third-order valence-corrected chi connectivity index (χ3v) is 3.82. The summed E-state index contributed by atoms with van der Waals surface area (Å²) in [5, 5.41) is 19.6. The third-order valence-electron chi connectivity index (χ3n) is 3.52. The molecule has 3 rings (SSSR count). The smallest absolute Gasteiger partial charge is 0.339 e. The Morgan fingerprint density at radius 3 is 2.81 bits per heavy atom. The van der Waals surface area contributed by atoms with E-state index in [-0.39, 0.29) is 28.8 Å². The van der Waals surface area contributed by atoms with E-state index in [2.05, 4.69) is 15.5 Å². The van der Waals surface area contributed by atoms with Crippen LogP contribution in [-0.4, -0.2) is 36.5 Å². The summed E-state index contributed by atoms with van der Waals surface area (Å²) in [6.45, 7) is -0.0344. The molecule has 1 amide bonds. The number of nitrogens with one attached hydrogen (secondary N) is 1. The molecule has 0 aliphatic heterocycles. The van der Waals surface area contributed by atoms with Gasteiger partial charge in [-0.05, 0) is 18.2 Å². The van der Waals surface area contributed by atoms with Crippen molar-refractivity contribution in [3.63, 3.8) is 0 Å². The van der Waals surface area contributed by atoms with Gasteiger partial charge in [-0.25, -0.2) is 13.9 Å². The van der Waals surface area contributed by atoms with Gasteiger partial charge >= 0.3 is 5.97 Å². The van der Waals surface area contributed by atoms with Crippen molar-refractivity contribution >= 4 is 29.2 Å². The Hall–Kier alpha value is -3.40. The van der Waals surface area contributed by atoms with E-state index in [4.69, 9.17) is 21.4 Å². The van der Waals surface area contributed by atoms with Crippen LogP contribution in [0.2, 0.25) is 5.02 Å². The Bertz CT molecular complexity index is 1020. The molecule has 0 bridgehead atoms. The molecule has 9 nitrogen and oxygen atoms in total. The standard InChI is InChI=1S/C16H13ClFN5O4/c1-22-14(11(6-19-22)16(25)26)15(24)21-10-5-20-23(7-10)8-27-13-3-2-9(18)4-12(13)17/h2-7H,8H2,1H3,(H,21,24)(H,25,26). The fourth-order valence-electron chi connectivity index (χ4n) is 2.28. The van der Waals surface area contributed by atoms with Crippen LogP contribution in [0.15, 0.2) is 36.8 Å². The van der Waals surface area contributed by atoms with Crippen LogP contribution in [0, 0.1) is 5.82 Å². The summed E-state index contributed by atoms with van der Waals surface area (Å²) < 4.78 is 21.0. The fourth-order valence-corrected chi connectivity index (χ4v) is 2.50. The molecule has 3 aromatic rings. The zero-order chi connectivity index (χ0) is 19.6. The summed E-state index contributed by atoms with van der Waals surface area (Å²) >= 11 is 5.87. The number of rotatable bonds is 6. The highest BCUT2D eigenvalue weighted by molar-refractivity contribution is 6.32. The highest BCUT2D eigenvalue weighted by atomic mass is 35.5. The molecule has 0 saturated heterocycles. The van der Waals surface area contributed by atoms with Crippen molar-refractivity contribution in [2.45, 2.75) is 6.73 Å². The summed E-state index contributed by atoms with van der Waals surface area (Å²) in [6.07, 6.45) is 3.94. The number of carboxylic acids is 1. The number of ether oxygens (including phenoxy) is 1. The minimum atomic E-state index is -1.26. The van der Waals surface area contributed by atoms with Crippen LogP contribution in [0.25, 0.3) is 0 Å². The maximum atomic E-state index is 13.0. The first-order chi connectivity index (χ1) is 12.8. The number of halogens is 2. The largest absolute Gasteiger partial charge is 0.478 e. The van der Waals surface area contributed by atoms with Crippen molar-refractivity contribution in [2.75, 3.05) is 5.32 Å². The van der Waals surface area contributed by atoms with E-state index in [0.29, 0.717) is 5.69 Å². The molecular weight excluding hydrogens is 381 g/mol. The van der Waals surface area contributed by atoms with Crippen LogP contribution in [0.3, 0.4) is 0 Å². The molecule has 140 valence electrons. The summed E-state index contributed by atoms with van der Waals surface area (Å²) in [5.74, 6) is -2.10. The van der Waals surface area contributed by atoms with Gasteiger partial charge < -0.3 is 15.2 Å². The van der Waals surface area contributed by atoms with Gasteiger partial charge in [0, 0.05) is 7.05 Å². The molecule has 0 spiro atoms. The SMILES string of the molecule is Cn1ncc(C(=O)O)c1C(=O)Nc1cnn(COc2ccc(F)cc2Cl)c1. The highest BCUT2D eigenvalue weighted by Crippen LogP contribution is 2.25. The summed E-state index contributed by atoms with van der Waals surface area (Å²) in [6, 6.07) is 3.73. The molecule has 1 aromatic carbocycles. The molecule has 0 aliphatic rings. The maximum absolute atomic E-state index is 13.0. The van der Waals surface area contributed by atoms with Gasteiger partial charge in [-0.1, -0.05) is 11.6 Å². The second kappa shape index (κ2) is 7.46. The Morgan fingerprint density at radius 1 is 1.33 bits per heavy atom. The van der Waals surface area contributed by atoms with Crippen molar-refractivity contribution in [2.24, 2.45) is 7.05 Å². The predicted octanol–water partition coefficient (Wildman–Crippen LogP) is 2.40. The Kier molecular flexibility index (Phi) is 5.08. The number of aryl methyl sites for hydroxylation is 1. The quantitative estimate of drug-likeness (QED) is 0.665. The Labute approximate surface area is 156 Å². The molecule has 0 fully saturated rings. The molecule has 2 N–H and O–H groups in total. The van der Waals surface area contributed by atoms with Crippen LogP contribution < -0.4 is 10.1 Å².